The number of nitrogens with zero attached hydrogens (tertiary/aromatic N) is 2. The van der Waals surface area contributed by atoms with Crippen molar-refractivity contribution in [3.05, 3.63) is 59.6 Å². The number of hydrogen-bond donors (Lipinski definition) is 1. The number of thiazole rings is 1. The quantitative estimate of drug-likeness (QED) is 0.505. The standard InChI is InChI=1S/C24H27N3O4S2/c1-2-31-22-12-11-20(33(29,30)27-13-7-4-8-14-27)16-21(22)26-23(28)15-19-17-32-24(25-19)18-9-5-3-6-10-18/h3,5-6,9-12,16-17H,2,4,7-8,13-15H2,1H3,(H,26,28). The van der Waals surface area contributed by atoms with Crippen molar-refractivity contribution in [2.24, 2.45) is 0 Å². The third kappa shape index (κ3) is 5.61. The maximum absolute atomic E-state index is 13.1. The second-order valence-corrected chi connectivity index (χ2v) is 10.6. The van der Waals surface area contributed by atoms with Gasteiger partial charge >= 0.3 is 0 Å². The number of ether oxygens (including phenoxy) is 1. The van der Waals surface area contributed by atoms with Gasteiger partial charge in [-0.3, -0.25) is 4.79 Å². The first-order valence-electron chi connectivity index (χ1n) is 11.0. The first-order chi connectivity index (χ1) is 16.0. The van der Waals surface area contributed by atoms with Crippen molar-refractivity contribution in [1.82, 2.24) is 9.29 Å². The van der Waals surface area contributed by atoms with Crippen molar-refractivity contribution >= 4 is 33.0 Å². The zero-order valence-electron chi connectivity index (χ0n) is 18.5. The predicted octanol–water partition coefficient (Wildman–Crippen LogP) is 4.56. The summed E-state index contributed by atoms with van der Waals surface area (Å²) >= 11 is 1.48. The van der Waals surface area contributed by atoms with Crippen LogP contribution in [0.3, 0.4) is 0 Å². The van der Waals surface area contributed by atoms with E-state index in [1.807, 2.05) is 42.6 Å². The third-order valence-corrected chi connectivity index (χ3v) is 8.23. The second-order valence-electron chi connectivity index (χ2n) is 7.79. The lowest BCUT2D eigenvalue weighted by Crippen LogP contribution is -2.35. The Labute approximate surface area is 198 Å². The molecule has 3 aromatic rings. The highest BCUT2D eigenvalue weighted by molar-refractivity contribution is 7.89. The molecular weight excluding hydrogens is 458 g/mol. The van der Waals surface area contributed by atoms with Crippen LogP contribution in [0.2, 0.25) is 0 Å². The van der Waals surface area contributed by atoms with Gasteiger partial charge in [-0.2, -0.15) is 4.31 Å². The fourth-order valence-electron chi connectivity index (χ4n) is 3.76. The van der Waals surface area contributed by atoms with Gasteiger partial charge in [0.2, 0.25) is 15.9 Å². The van der Waals surface area contributed by atoms with Gasteiger partial charge in [-0.05, 0) is 38.0 Å². The van der Waals surface area contributed by atoms with Crippen molar-refractivity contribution in [2.75, 3.05) is 25.0 Å². The molecule has 7 nitrogen and oxygen atoms in total. The minimum absolute atomic E-state index is 0.0814. The Bertz CT molecular complexity index is 1200. The second kappa shape index (κ2) is 10.5. The molecule has 1 saturated heterocycles. The minimum Gasteiger partial charge on any atom is -0.492 e. The number of aromatic nitrogens is 1. The molecule has 1 N–H and O–H groups in total. The molecule has 1 aliphatic heterocycles. The lowest BCUT2D eigenvalue weighted by Gasteiger charge is -2.26. The van der Waals surface area contributed by atoms with Crippen LogP contribution in [0.5, 0.6) is 5.75 Å². The van der Waals surface area contributed by atoms with E-state index in [0.29, 0.717) is 36.8 Å². The van der Waals surface area contributed by atoms with E-state index in [1.165, 1.54) is 27.8 Å². The van der Waals surface area contributed by atoms with Gasteiger partial charge in [0.05, 0.1) is 29.3 Å². The van der Waals surface area contributed by atoms with E-state index in [9.17, 15) is 13.2 Å². The number of amides is 1. The average molecular weight is 486 g/mol. The first kappa shape index (κ1) is 23.4. The van der Waals surface area contributed by atoms with Crippen LogP contribution in [0.1, 0.15) is 31.9 Å². The average Bonchev–Trinajstić information content (AvgIpc) is 3.29. The molecule has 0 aliphatic carbocycles. The molecule has 174 valence electrons. The third-order valence-electron chi connectivity index (χ3n) is 5.39. The Balaban J connectivity index is 1.52. The van der Waals surface area contributed by atoms with E-state index >= 15 is 0 Å². The zero-order valence-corrected chi connectivity index (χ0v) is 20.1. The Morgan fingerprint density at radius 2 is 1.88 bits per heavy atom. The lowest BCUT2D eigenvalue weighted by molar-refractivity contribution is -0.115. The van der Waals surface area contributed by atoms with E-state index in [0.717, 1.165) is 29.8 Å². The molecule has 0 unspecified atom stereocenters. The summed E-state index contributed by atoms with van der Waals surface area (Å²) in [6.45, 7) is 3.27. The number of anilines is 1. The van der Waals surface area contributed by atoms with Gasteiger partial charge in [0.1, 0.15) is 10.8 Å². The summed E-state index contributed by atoms with van der Waals surface area (Å²) in [5.74, 6) is 0.153. The summed E-state index contributed by atoms with van der Waals surface area (Å²) in [7, 11) is -3.62. The molecule has 2 heterocycles. The van der Waals surface area contributed by atoms with Crippen LogP contribution < -0.4 is 10.1 Å². The Morgan fingerprint density at radius 3 is 2.61 bits per heavy atom. The molecule has 0 bridgehead atoms. The molecule has 0 atom stereocenters. The van der Waals surface area contributed by atoms with Crippen LogP contribution in [-0.2, 0) is 21.2 Å². The highest BCUT2D eigenvalue weighted by atomic mass is 32.2. The summed E-state index contributed by atoms with van der Waals surface area (Å²) in [4.78, 5) is 17.5. The molecular formula is C24H27N3O4S2. The Kier molecular flexibility index (Phi) is 7.42. The largest absolute Gasteiger partial charge is 0.492 e. The van der Waals surface area contributed by atoms with E-state index in [4.69, 9.17) is 4.74 Å². The minimum atomic E-state index is -3.62. The van der Waals surface area contributed by atoms with Gasteiger partial charge in [-0.15, -0.1) is 11.3 Å². The molecule has 1 aromatic heterocycles. The summed E-state index contributed by atoms with van der Waals surface area (Å²) in [5, 5.41) is 5.54. The first-order valence-corrected chi connectivity index (χ1v) is 13.4. The number of sulfonamides is 1. The maximum Gasteiger partial charge on any atom is 0.243 e. The van der Waals surface area contributed by atoms with Crippen LogP contribution in [0.15, 0.2) is 58.8 Å². The Hall–Kier alpha value is -2.75. The number of piperidine rings is 1. The summed E-state index contributed by atoms with van der Waals surface area (Å²) < 4.78 is 33.3. The number of carbonyl (C=O) groups excluding carboxylic acids is 1. The van der Waals surface area contributed by atoms with Crippen LogP contribution in [-0.4, -0.2) is 43.3 Å². The molecule has 0 spiro atoms. The fraction of sp³-hybridized carbons (Fsp3) is 0.333. The van der Waals surface area contributed by atoms with E-state index in [1.54, 1.807) is 6.07 Å². The highest BCUT2D eigenvalue weighted by Gasteiger charge is 2.27. The number of hydrogen-bond acceptors (Lipinski definition) is 6. The molecule has 9 heteroatoms. The van der Waals surface area contributed by atoms with E-state index in [-0.39, 0.29) is 17.2 Å². The van der Waals surface area contributed by atoms with Gasteiger partial charge in [-0.25, -0.2) is 13.4 Å². The molecule has 1 aliphatic rings. The highest BCUT2D eigenvalue weighted by Crippen LogP contribution is 2.31. The number of benzene rings is 2. The monoisotopic (exact) mass is 485 g/mol. The molecule has 1 fully saturated rings. The van der Waals surface area contributed by atoms with Gasteiger partial charge < -0.3 is 10.1 Å². The lowest BCUT2D eigenvalue weighted by atomic mass is 10.2. The SMILES string of the molecule is CCOc1ccc(S(=O)(=O)N2CCCCC2)cc1NC(=O)Cc1csc(-c2ccccc2)n1. The molecule has 0 saturated carbocycles. The fourth-order valence-corrected chi connectivity index (χ4v) is 6.13. The predicted molar refractivity (Wildman–Crippen MR) is 130 cm³/mol. The van der Waals surface area contributed by atoms with Gasteiger partial charge in [0, 0.05) is 24.0 Å². The molecule has 1 amide bonds. The van der Waals surface area contributed by atoms with Gasteiger partial charge in [-0.1, -0.05) is 36.8 Å². The maximum atomic E-state index is 13.1. The molecule has 4 rings (SSSR count). The number of carbonyl (C=O) groups is 1. The van der Waals surface area contributed by atoms with Crippen molar-refractivity contribution in [3.63, 3.8) is 0 Å². The van der Waals surface area contributed by atoms with E-state index < -0.39 is 10.0 Å². The number of rotatable bonds is 8. The van der Waals surface area contributed by atoms with Crippen LogP contribution >= 0.6 is 11.3 Å². The molecule has 0 radical (unpaired) electrons. The van der Waals surface area contributed by atoms with Crippen molar-refractivity contribution in [2.45, 2.75) is 37.5 Å². The van der Waals surface area contributed by atoms with Crippen LogP contribution in [0, 0.1) is 0 Å². The number of nitrogens with one attached hydrogen (secondary N) is 1. The summed E-state index contributed by atoms with van der Waals surface area (Å²) in [6, 6.07) is 14.4. The van der Waals surface area contributed by atoms with E-state index in [2.05, 4.69) is 10.3 Å². The van der Waals surface area contributed by atoms with Crippen molar-refractivity contribution in [3.8, 4) is 16.3 Å². The molecule has 33 heavy (non-hydrogen) atoms. The summed E-state index contributed by atoms with van der Waals surface area (Å²) in [6.07, 6.45) is 2.84. The zero-order chi connectivity index (χ0) is 23.3. The summed E-state index contributed by atoms with van der Waals surface area (Å²) in [5.41, 5.74) is 2.01. The topological polar surface area (TPSA) is 88.6 Å². The van der Waals surface area contributed by atoms with Gasteiger partial charge in [0.25, 0.3) is 0 Å². The van der Waals surface area contributed by atoms with Gasteiger partial charge in [0.15, 0.2) is 0 Å². The normalized spacial score (nSPS) is 14.7. The molecule has 2 aromatic carbocycles. The van der Waals surface area contributed by atoms with Crippen molar-refractivity contribution < 1.29 is 17.9 Å². The smallest absolute Gasteiger partial charge is 0.243 e. The van der Waals surface area contributed by atoms with Crippen LogP contribution in [0.25, 0.3) is 10.6 Å². The van der Waals surface area contributed by atoms with Crippen LogP contribution in [0.4, 0.5) is 5.69 Å². The Morgan fingerprint density at radius 1 is 1.12 bits per heavy atom. The van der Waals surface area contributed by atoms with Crippen molar-refractivity contribution in [1.29, 1.82) is 0 Å².